The molecule has 0 aromatic heterocycles. The third kappa shape index (κ3) is 6.55. The van der Waals surface area contributed by atoms with Crippen LogP contribution in [-0.2, 0) is 16.1 Å². The molecule has 2 aromatic rings. The van der Waals surface area contributed by atoms with Crippen molar-refractivity contribution >= 4 is 24.2 Å². The Kier molecular flexibility index (Phi) is 9.30. The van der Waals surface area contributed by atoms with Gasteiger partial charge >= 0.3 is 0 Å². The van der Waals surface area contributed by atoms with Crippen LogP contribution in [0.3, 0.4) is 0 Å². The lowest BCUT2D eigenvalue weighted by atomic mass is 9.89. The largest absolute Gasteiger partial charge is 0.370 e. The lowest BCUT2D eigenvalue weighted by Gasteiger charge is -2.25. The quantitative estimate of drug-likeness (QED) is 0.636. The minimum Gasteiger partial charge on any atom is -0.370 e. The van der Waals surface area contributed by atoms with Crippen molar-refractivity contribution in [1.29, 1.82) is 0 Å². The van der Waals surface area contributed by atoms with E-state index in [9.17, 15) is 9.59 Å². The molecule has 0 unspecified atom stereocenters. The summed E-state index contributed by atoms with van der Waals surface area (Å²) in [6, 6.07) is 20.2. The van der Waals surface area contributed by atoms with E-state index >= 15 is 0 Å². The Balaban J connectivity index is 0.00000320. The average Bonchev–Trinajstić information content (AvgIpc) is 3.15. The summed E-state index contributed by atoms with van der Waals surface area (Å²) in [5.74, 6) is 0.282. The second-order valence-electron chi connectivity index (χ2n) is 7.72. The normalized spacial score (nSPS) is 18.6. The van der Waals surface area contributed by atoms with Crippen molar-refractivity contribution in [2.75, 3.05) is 32.7 Å². The van der Waals surface area contributed by atoms with Crippen LogP contribution >= 0.6 is 12.4 Å². The number of carbonyl (C=O) groups excluding carboxylic acids is 2. The Labute approximate surface area is 184 Å². The Bertz CT molecular complexity index is 803. The van der Waals surface area contributed by atoms with Gasteiger partial charge in [0.15, 0.2) is 0 Å². The van der Waals surface area contributed by atoms with Crippen LogP contribution in [0.2, 0.25) is 0 Å². The molecule has 1 fully saturated rings. The maximum absolute atomic E-state index is 13.1. The number of amides is 2. The van der Waals surface area contributed by atoms with E-state index in [2.05, 4.69) is 17.0 Å². The molecule has 0 radical (unpaired) electrons. The fourth-order valence-electron chi connectivity index (χ4n) is 4.04. The van der Waals surface area contributed by atoms with Crippen LogP contribution in [0.4, 0.5) is 0 Å². The highest BCUT2D eigenvalue weighted by atomic mass is 35.5. The maximum Gasteiger partial charge on any atom is 0.237 e. The van der Waals surface area contributed by atoms with E-state index in [1.807, 2.05) is 48.5 Å². The predicted octanol–water partition coefficient (Wildman–Crippen LogP) is 1.99. The molecule has 0 bridgehead atoms. The highest BCUT2D eigenvalue weighted by Gasteiger charge is 2.34. The van der Waals surface area contributed by atoms with Crippen LogP contribution in [-0.4, -0.2) is 54.3 Å². The topological polar surface area (TPSA) is 92.7 Å². The van der Waals surface area contributed by atoms with Crippen molar-refractivity contribution < 1.29 is 9.59 Å². The predicted molar refractivity (Wildman–Crippen MR) is 121 cm³/mol. The van der Waals surface area contributed by atoms with Gasteiger partial charge < -0.3 is 16.4 Å². The number of benzene rings is 2. The van der Waals surface area contributed by atoms with Crippen molar-refractivity contribution in [2.24, 2.45) is 17.4 Å². The van der Waals surface area contributed by atoms with E-state index in [4.69, 9.17) is 11.5 Å². The summed E-state index contributed by atoms with van der Waals surface area (Å²) >= 11 is 0. The molecule has 1 saturated heterocycles. The molecule has 1 heterocycles. The first-order chi connectivity index (χ1) is 14.1. The Morgan fingerprint density at radius 2 is 1.63 bits per heavy atom. The number of halogens is 1. The molecule has 0 spiro atoms. The summed E-state index contributed by atoms with van der Waals surface area (Å²) in [4.78, 5) is 28.2. The SMILES string of the molecule is Cl.NC[C@@H]1CN(CC(=O)N(CCC(N)=O)Cc2ccccc2)C[C@H]1c1ccccc1. The van der Waals surface area contributed by atoms with Gasteiger partial charge in [0.05, 0.1) is 6.54 Å². The van der Waals surface area contributed by atoms with Gasteiger partial charge in [0, 0.05) is 38.5 Å². The molecular formula is C23H31ClN4O2. The number of primary amides is 1. The van der Waals surface area contributed by atoms with Crippen LogP contribution in [0.1, 0.15) is 23.5 Å². The van der Waals surface area contributed by atoms with E-state index in [0.717, 1.165) is 18.7 Å². The van der Waals surface area contributed by atoms with Crippen molar-refractivity contribution in [3.05, 3.63) is 71.8 Å². The Morgan fingerprint density at radius 3 is 2.23 bits per heavy atom. The van der Waals surface area contributed by atoms with Crippen LogP contribution in [0, 0.1) is 5.92 Å². The van der Waals surface area contributed by atoms with Crippen LogP contribution < -0.4 is 11.5 Å². The third-order valence-electron chi connectivity index (χ3n) is 5.60. The van der Waals surface area contributed by atoms with E-state index in [-0.39, 0.29) is 24.7 Å². The first-order valence-corrected chi connectivity index (χ1v) is 10.1. The molecule has 0 saturated carbocycles. The highest BCUT2D eigenvalue weighted by Crippen LogP contribution is 2.31. The summed E-state index contributed by atoms with van der Waals surface area (Å²) in [5.41, 5.74) is 13.6. The number of rotatable bonds is 9. The zero-order valence-corrected chi connectivity index (χ0v) is 18.0. The number of hydrogen-bond acceptors (Lipinski definition) is 4. The van der Waals surface area contributed by atoms with Crippen molar-refractivity contribution in [3.63, 3.8) is 0 Å². The van der Waals surface area contributed by atoms with E-state index in [1.54, 1.807) is 4.90 Å². The molecular weight excluding hydrogens is 400 g/mol. The van der Waals surface area contributed by atoms with E-state index in [1.165, 1.54) is 5.56 Å². The first-order valence-electron chi connectivity index (χ1n) is 10.1. The van der Waals surface area contributed by atoms with Gasteiger partial charge in [-0.1, -0.05) is 60.7 Å². The molecule has 30 heavy (non-hydrogen) atoms. The molecule has 0 aliphatic carbocycles. The van der Waals surface area contributed by atoms with Gasteiger partial charge in [-0.3, -0.25) is 14.5 Å². The molecule has 1 aliphatic rings. The first kappa shape index (κ1) is 23.9. The van der Waals surface area contributed by atoms with Gasteiger partial charge in [-0.15, -0.1) is 12.4 Å². The van der Waals surface area contributed by atoms with Gasteiger partial charge in [-0.2, -0.15) is 0 Å². The molecule has 162 valence electrons. The molecule has 4 N–H and O–H groups in total. The average molecular weight is 431 g/mol. The van der Waals surface area contributed by atoms with Crippen LogP contribution in [0.15, 0.2) is 60.7 Å². The van der Waals surface area contributed by atoms with Crippen molar-refractivity contribution in [3.8, 4) is 0 Å². The second kappa shape index (κ2) is 11.7. The van der Waals surface area contributed by atoms with Gasteiger partial charge in [0.2, 0.25) is 11.8 Å². The summed E-state index contributed by atoms with van der Waals surface area (Å²) in [7, 11) is 0. The summed E-state index contributed by atoms with van der Waals surface area (Å²) in [5, 5.41) is 0. The van der Waals surface area contributed by atoms with E-state index in [0.29, 0.717) is 38.0 Å². The number of carbonyl (C=O) groups is 2. The van der Waals surface area contributed by atoms with Gasteiger partial charge in [-0.05, 0) is 23.6 Å². The van der Waals surface area contributed by atoms with Crippen LogP contribution in [0.25, 0.3) is 0 Å². The highest BCUT2D eigenvalue weighted by molar-refractivity contribution is 5.85. The van der Waals surface area contributed by atoms with Gasteiger partial charge in [0.25, 0.3) is 0 Å². The second-order valence-corrected chi connectivity index (χ2v) is 7.72. The number of hydrogen-bond donors (Lipinski definition) is 2. The molecule has 7 heteroatoms. The minimum absolute atomic E-state index is 0. The third-order valence-corrected chi connectivity index (χ3v) is 5.60. The van der Waals surface area contributed by atoms with Crippen molar-refractivity contribution in [1.82, 2.24) is 9.80 Å². The van der Waals surface area contributed by atoms with Crippen LogP contribution in [0.5, 0.6) is 0 Å². The van der Waals surface area contributed by atoms with E-state index < -0.39 is 5.91 Å². The monoisotopic (exact) mass is 430 g/mol. The summed E-state index contributed by atoms with van der Waals surface area (Å²) in [6.07, 6.45) is 0.163. The lowest BCUT2D eigenvalue weighted by Crippen LogP contribution is -2.41. The number of nitrogens with zero attached hydrogens (tertiary/aromatic N) is 2. The number of nitrogens with two attached hydrogens (primary N) is 2. The summed E-state index contributed by atoms with van der Waals surface area (Å²) < 4.78 is 0. The zero-order chi connectivity index (χ0) is 20.6. The molecule has 1 aliphatic heterocycles. The maximum atomic E-state index is 13.1. The standard InChI is InChI=1S/C23H30N4O2.ClH/c24-13-20-15-26(16-21(20)19-9-5-2-6-10-19)17-23(29)27(12-11-22(25)28)14-18-7-3-1-4-8-18;/h1-10,20-21H,11-17,24H2,(H2,25,28);1H/t20-,21+;/m1./s1. The molecule has 2 atom stereocenters. The Morgan fingerprint density at radius 1 is 1.00 bits per heavy atom. The molecule has 2 amide bonds. The van der Waals surface area contributed by atoms with Gasteiger partial charge in [-0.25, -0.2) is 0 Å². The summed E-state index contributed by atoms with van der Waals surface area (Å²) in [6.45, 7) is 3.34. The minimum atomic E-state index is -0.399. The number of likely N-dealkylation sites (tertiary alicyclic amines) is 1. The Hall–Kier alpha value is -2.41. The molecule has 6 nitrogen and oxygen atoms in total. The fraction of sp³-hybridized carbons (Fsp3) is 0.391. The zero-order valence-electron chi connectivity index (χ0n) is 17.2. The molecule has 2 aromatic carbocycles. The lowest BCUT2D eigenvalue weighted by molar-refractivity contribution is -0.133. The fourth-order valence-corrected chi connectivity index (χ4v) is 4.04. The molecule has 3 rings (SSSR count). The van der Waals surface area contributed by atoms with Gasteiger partial charge in [0.1, 0.15) is 0 Å². The van der Waals surface area contributed by atoms with Crippen molar-refractivity contribution in [2.45, 2.75) is 18.9 Å². The smallest absolute Gasteiger partial charge is 0.237 e.